The maximum Gasteiger partial charge on any atom is 0.156 e. The summed E-state index contributed by atoms with van der Waals surface area (Å²) in [4.78, 5) is 12.0. The standard InChI is InChI=1S/C7H5N3S2/c1-2-8-5-10-6(1)12-7-9-3-4-11-7/h1-5H. The fourth-order valence-corrected chi connectivity index (χ4v) is 2.19. The Bertz CT molecular complexity index is 333. The number of hydrogen-bond donors (Lipinski definition) is 0. The summed E-state index contributed by atoms with van der Waals surface area (Å²) in [5, 5.41) is 2.88. The zero-order valence-corrected chi connectivity index (χ0v) is 7.68. The molecule has 2 aromatic rings. The normalized spacial score (nSPS) is 10.0. The van der Waals surface area contributed by atoms with Crippen LogP contribution in [0.1, 0.15) is 0 Å². The van der Waals surface area contributed by atoms with E-state index in [4.69, 9.17) is 0 Å². The lowest BCUT2D eigenvalue weighted by atomic mass is 10.7. The molecule has 2 rings (SSSR count). The molecule has 0 aromatic carbocycles. The Labute approximate surface area is 77.9 Å². The van der Waals surface area contributed by atoms with Crippen molar-refractivity contribution in [3.05, 3.63) is 30.2 Å². The summed E-state index contributed by atoms with van der Waals surface area (Å²) < 4.78 is 1.01. The lowest BCUT2D eigenvalue weighted by Gasteiger charge is -1.92. The van der Waals surface area contributed by atoms with Crippen molar-refractivity contribution in [2.75, 3.05) is 0 Å². The molecule has 12 heavy (non-hydrogen) atoms. The van der Waals surface area contributed by atoms with Gasteiger partial charge in [-0.25, -0.2) is 15.0 Å². The van der Waals surface area contributed by atoms with Gasteiger partial charge in [-0.3, -0.25) is 0 Å². The predicted molar refractivity (Wildman–Crippen MR) is 48.3 cm³/mol. The molecular weight excluding hydrogens is 190 g/mol. The molecule has 5 heteroatoms. The van der Waals surface area contributed by atoms with Crippen LogP contribution in [0.4, 0.5) is 0 Å². The molecule has 0 aliphatic carbocycles. The van der Waals surface area contributed by atoms with Crippen LogP contribution in [0.3, 0.4) is 0 Å². The molecule has 0 amide bonds. The van der Waals surface area contributed by atoms with Gasteiger partial charge in [-0.15, -0.1) is 11.3 Å². The first-order chi connectivity index (χ1) is 5.95. The third kappa shape index (κ3) is 1.80. The molecular formula is C7H5N3S2. The summed E-state index contributed by atoms with van der Waals surface area (Å²) in [6, 6.07) is 1.87. The van der Waals surface area contributed by atoms with Crippen molar-refractivity contribution in [1.29, 1.82) is 0 Å². The molecule has 0 saturated heterocycles. The smallest absolute Gasteiger partial charge is 0.156 e. The fourth-order valence-electron chi connectivity index (χ4n) is 0.689. The zero-order chi connectivity index (χ0) is 8.23. The second kappa shape index (κ2) is 3.64. The highest BCUT2D eigenvalue weighted by Gasteiger charge is 1.98. The van der Waals surface area contributed by atoms with E-state index in [9.17, 15) is 0 Å². The van der Waals surface area contributed by atoms with Crippen molar-refractivity contribution in [1.82, 2.24) is 15.0 Å². The Morgan fingerprint density at radius 3 is 2.92 bits per heavy atom. The molecule has 0 spiro atoms. The molecule has 2 aromatic heterocycles. The maximum absolute atomic E-state index is 4.13. The van der Waals surface area contributed by atoms with Gasteiger partial charge in [-0.2, -0.15) is 0 Å². The van der Waals surface area contributed by atoms with Gasteiger partial charge in [-0.1, -0.05) is 0 Å². The molecule has 0 aliphatic heterocycles. The molecule has 60 valence electrons. The Kier molecular flexibility index (Phi) is 2.33. The topological polar surface area (TPSA) is 38.7 Å². The molecule has 0 N–H and O–H groups in total. The molecule has 3 nitrogen and oxygen atoms in total. The molecule has 0 bridgehead atoms. The molecule has 0 radical (unpaired) electrons. The van der Waals surface area contributed by atoms with E-state index in [1.165, 1.54) is 6.33 Å². The van der Waals surface area contributed by atoms with Gasteiger partial charge in [-0.05, 0) is 17.8 Å². The third-order valence-electron chi connectivity index (χ3n) is 1.16. The molecule has 0 saturated carbocycles. The van der Waals surface area contributed by atoms with Gasteiger partial charge in [0.2, 0.25) is 0 Å². The molecule has 2 heterocycles. The Hall–Kier alpha value is -0.940. The summed E-state index contributed by atoms with van der Waals surface area (Å²) in [5.41, 5.74) is 0. The van der Waals surface area contributed by atoms with E-state index >= 15 is 0 Å². The van der Waals surface area contributed by atoms with E-state index in [2.05, 4.69) is 15.0 Å². The number of rotatable bonds is 2. The summed E-state index contributed by atoms with van der Waals surface area (Å²) in [6.45, 7) is 0. The quantitative estimate of drug-likeness (QED) is 0.688. The van der Waals surface area contributed by atoms with Gasteiger partial charge in [0.1, 0.15) is 11.4 Å². The Balaban J connectivity index is 2.15. The average Bonchev–Trinajstić information content (AvgIpc) is 2.59. The van der Waals surface area contributed by atoms with Gasteiger partial charge in [0.15, 0.2) is 4.34 Å². The van der Waals surface area contributed by atoms with E-state index in [-0.39, 0.29) is 0 Å². The number of aromatic nitrogens is 3. The summed E-state index contributed by atoms with van der Waals surface area (Å²) in [6.07, 6.45) is 5.05. The first-order valence-corrected chi connectivity index (χ1v) is 4.98. The predicted octanol–water partition coefficient (Wildman–Crippen LogP) is 2.08. The van der Waals surface area contributed by atoms with E-state index in [0.717, 1.165) is 9.37 Å². The largest absolute Gasteiger partial charge is 0.245 e. The SMILES string of the molecule is c1cc(Sc2nccs2)ncn1. The van der Waals surface area contributed by atoms with Crippen LogP contribution in [0.15, 0.2) is 39.5 Å². The monoisotopic (exact) mass is 195 g/mol. The van der Waals surface area contributed by atoms with Crippen molar-refractivity contribution in [3.8, 4) is 0 Å². The van der Waals surface area contributed by atoms with Crippen LogP contribution >= 0.6 is 23.1 Å². The van der Waals surface area contributed by atoms with Crippen LogP contribution in [-0.4, -0.2) is 15.0 Å². The maximum atomic E-state index is 4.13. The van der Waals surface area contributed by atoms with E-state index in [0.29, 0.717) is 0 Å². The van der Waals surface area contributed by atoms with E-state index in [1.54, 1.807) is 35.5 Å². The van der Waals surface area contributed by atoms with E-state index in [1.807, 2.05) is 11.4 Å². The highest BCUT2D eigenvalue weighted by Crippen LogP contribution is 2.26. The van der Waals surface area contributed by atoms with Crippen LogP contribution in [0.2, 0.25) is 0 Å². The molecule has 0 unspecified atom stereocenters. The van der Waals surface area contributed by atoms with Crippen molar-refractivity contribution >= 4 is 23.1 Å². The van der Waals surface area contributed by atoms with Crippen LogP contribution < -0.4 is 0 Å². The molecule has 0 aliphatic rings. The minimum absolute atomic E-state index is 0.931. The number of thiazole rings is 1. The number of hydrogen-bond acceptors (Lipinski definition) is 5. The first-order valence-electron chi connectivity index (χ1n) is 3.28. The highest BCUT2D eigenvalue weighted by atomic mass is 32.2. The van der Waals surface area contributed by atoms with Gasteiger partial charge >= 0.3 is 0 Å². The van der Waals surface area contributed by atoms with Crippen LogP contribution in [-0.2, 0) is 0 Å². The lowest BCUT2D eigenvalue weighted by molar-refractivity contribution is 1.04. The lowest BCUT2D eigenvalue weighted by Crippen LogP contribution is -1.78. The van der Waals surface area contributed by atoms with Gasteiger partial charge in [0.25, 0.3) is 0 Å². The summed E-state index contributed by atoms with van der Waals surface area (Å²) in [5.74, 6) is 0. The van der Waals surface area contributed by atoms with Gasteiger partial charge in [0, 0.05) is 17.8 Å². The van der Waals surface area contributed by atoms with Gasteiger partial charge < -0.3 is 0 Å². The van der Waals surface area contributed by atoms with Crippen LogP contribution in [0.25, 0.3) is 0 Å². The Morgan fingerprint density at radius 2 is 2.25 bits per heavy atom. The van der Waals surface area contributed by atoms with Crippen molar-refractivity contribution in [2.45, 2.75) is 9.37 Å². The van der Waals surface area contributed by atoms with Crippen molar-refractivity contribution < 1.29 is 0 Å². The van der Waals surface area contributed by atoms with Crippen molar-refractivity contribution in [3.63, 3.8) is 0 Å². The third-order valence-corrected chi connectivity index (χ3v) is 2.99. The minimum Gasteiger partial charge on any atom is -0.245 e. The number of nitrogens with zero attached hydrogens (tertiary/aromatic N) is 3. The summed E-state index contributed by atoms with van der Waals surface area (Å²) in [7, 11) is 0. The van der Waals surface area contributed by atoms with Crippen LogP contribution in [0.5, 0.6) is 0 Å². The zero-order valence-electron chi connectivity index (χ0n) is 6.04. The highest BCUT2D eigenvalue weighted by molar-refractivity contribution is 8.00. The first kappa shape index (κ1) is 7.70. The molecule has 0 atom stereocenters. The van der Waals surface area contributed by atoms with Gasteiger partial charge in [0.05, 0.1) is 0 Å². The Morgan fingerprint density at radius 1 is 1.25 bits per heavy atom. The second-order valence-electron chi connectivity index (χ2n) is 1.95. The molecule has 0 fully saturated rings. The second-order valence-corrected chi connectivity index (χ2v) is 4.11. The minimum atomic E-state index is 0.931. The fraction of sp³-hybridized carbons (Fsp3) is 0. The summed E-state index contributed by atoms with van der Waals surface area (Å²) >= 11 is 3.16. The van der Waals surface area contributed by atoms with E-state index < -0.39 is 0 Å². The van der Waals surface area contributed by atoms with Crippen LogP contribution in [0, 0.1) is 0 Å². The average molecular weight is 195 g/mol. The van der Waals surface area contributed by atoms with Crippen molar-refractivity contribution in [2.24, 2.45) is 0 Å².